The first kappa shape index (κ1) is 13.1. The van der Waals surface area contributed by atoms with Crippen molar-refractivity contribution in [2.75, 3.05) is 20.6 Å². The van der Waals surface area contributed by atoms with E-state index in [4.69, 9.17) is 5.73 Å². The van der Waals surface area contributed by atoms with Crippen molar-refractivity contribution in [2.45, 2.75) is 19.4 Å². The molecule has 0 aliphatic rings. The zero-order valence-electron chi connectivity index (χ0n) is 11.8. The van der Waals surface area contributed by atoms with Gasteiger partial charge in [0.2, 0.25) is 0 Å². The van der Waals surface area contributed by atoms with E-state index in [-0.39, 0.29) is 6.04 Å². The summed E-state index contributed by atoms with van der Waals surface area (Å²) in [6, 6.07) is 6.84. The Hall–Kier alpha value is -1.32. The van der Waals surface area contributed by atoms with Gasteiger partial charge in [-0.25, -0.2) is 0 Å². The molecule has 1 aromatic heterocycles. The van der Waals surface area contributed by atoms with Crippen LogP contribution in [0.3, 0.4) is 0 Å². The average molecular weight is 245 g/mol. The van der Waals surface area contributed by atoms with Crippen molar-refractivity contribution in [3.05, 3.63) is 35.5 Å². The molecular weight excluding hydrogens is 222 g/mol. The second-order valence-corrected chi connectivity index (χ2v) is 5.08. The largest absolute Gasteiger partial charge is 0.350 e. The lowest BCUT2D eigenvalue weighted by atomic mass is 10.0. The summed E-state index contributed by atoms with van der Waals surface area (Å²) in [6.07, 6.45) is 3.28. The summed E-state index contributed by atoms with van der Waals surface area (Å²) < 4.78 is 2.23. The van der Waals surface area contributed by atoms with E-state index in [1.54, 1.807) is 0 Å². The minimum atomic E-state index is 0.279. The Bertz CT molecular complexity index is 540. The topological polar surface area (TPSA) is 34.2 Å². The minimum Gasteiger partial charge on any atom is -0.350 e. The van der Waals surface area contributed by atoms with Gasteiger partial charge in [0.05, 0.1) is 5.52 Å². The molecule has 3 heteroatoms. The lowest BCUT2D eigenvalue weighted by molar-refractivity contribution is 0.307. The second kappa shape index (κ2) is 5.12. The zero-order valence-corrected chi connectivity index (χ0v) is 11.8. The van der Waals surface area contributed by atoms with E-state index in [1.165, 1.54) is 22.0 Å². The van der Waals surface area contributed by atoms with Gasteiger partial charge in [-0.1, -0.05) is 25.1 Å². The van der Waals surface area contributed by atoms with Crippen LogP contribution in [0.25, 0.3) is 10.9 Å². The fourth-order valence-corrected chi connectivity index (χ4v) is 2.75. The summed E-state index contributed by atoms with van der Waals surface area (Å²) in [5.41, 5.74) is 10.00. The van der Waals surface area contributed by atoms with Gasteiger partial charge in [-0.3, -0.25) is 0 Å². The third kappa shape index (κ3) is 2.04. The summed E-state index contributed by atoms with van der Waals surface area (Å²) in [5, 5.41) is 1.33. The first-order valence-electron chi connectivity index (χ1n) is 6.53. The number of hydrogen-bond donors (Lipinski definition) is 1. The van der Waals surface area contributed by atoms with Gasteiger partial charge in [-0.05, 0) is 31.6 Å². The molecular formula is C15H23N3. The van der Waals surface area contributed by atoms with Crippen LogP contribution in [-0.2, 0) is 13.5 Å². The van der Waals surface area contributed by atoms with Gasteiger partial charge in [0, 0.05) is 31.2 Å². The quantitative estimate of drug-likeness (QED) is 0.897. The maximum Gasteiger partial charge on any atom is 0.0513 e. The molecule has 18 heavy (non-hydrogen) atoms. The Kier molecular flexibility index (Phi) is 3.73. The lowest BCUT2D eigenvalue weighted by Gasteiger charge is -2.22. The molecule has 0 radical (unpaired) electrons. The molecule has 0 saturated carbocycles. The highest BCUT2D eigenvalue weighted by Crippen LogP contribution is 2.30. The summed E-state index contributed by atoms with van der Waals surface area (Å²) in [7, 11) is 6.29. The fourth-order valence-electron chi connectivity index (χ4n) is 2.75. The molecule has 2 aromatic rings. The Morgan fingerprint density at radius 1 is 1.33 bits per heavy atom. The molecule has 2 rings (SSSR count). The standard InChI is InChI=1S/C15H23N3/c1-5-11-7-6-8-12-13(10-18(4)15(11)12)14(9-16)17(2)3/h6-8,10,14H,5,9,16H2,1-4H3. The number of nitrogens with two attached hydrogens (primary N) is 1. The maximum atomic E-state index is 5.93. The first-order valence-corrected chi connectivity index (χ1v) is 6.53. The molecule has 0 aliphatic carbocycles. The lowest BCUT2D eigenvalue weighted by Crippen LogP contribution is -2.26. The van der Waals surface area contributed by atoms with Crippen LogP contribution in [0.5, 0.6) is 0 Å². The predicted octanol–water partition coefficient (Wildman–Crippen LogP) is 2.30. The zero-order chi connectivity index (χ0) is 13.3. The van der Waals surface area contributed by atoms with E-state index >= 15 is 0 Å². The number of nitrogens with zero attached hydrogens (tertiary/aromatic N) is 2. The van der Waals surface area contributed by atoms with Crippen molar-refractivity contribution in [3.63, 3.8) is 0 Å². The number of likely N-dealkylation sites (N-methyl/N-ethyl adjacent to an activating group) is 1. The predicted molar refractivity (Wildman–Crippen MR) is 77.8 cm³/mol. The van der Waals surface area contributed by atoms with Gasteiger partial charge < -0.3 is 15.2 Å². The summed E-state index contributed by atoms with van der Waals surface area (Å²) in [6.45, 7) is 2.84. The molecule has 1 atom stereocenters. The van der Waals surface area contributed by atoms with Crippen molar-refractivity contribution < 1.29 is 0 Å². The van der Waals surface area contributed by atoms with Crippen molar-refractivity contribution in [3.8, 4) is 0 Å². The van der Waals surface area contributed by atoms with Gasteiger partial charge in [0.15, 0.2) is 0 Å². The third-order valence-electron chi connectivity index (χ3n) is 3.70. The van der Waals surface area contributed by atoms with Crippen LogP contribution < -0.4 is 5.73 Å². The van der Waals surface area contributed by atoms with Gasteiger partial charge in [0.1, 0.15) is 0 Å². The van der Waals surface area contributed by atoms with Crippen molar-refractivity contribution in [1.82, 2.24) is 9.47 Å². The van der Waals surface area contributed by atoms with Crippen LogP contribution in [0.1, 0.15) is 24.1 Å². The van der Waals surface area contributed by atoms with Gasteiger partial charge in [-0.2, -0.15) is 0 Å². The molecule has 0 spiro atoms. The molecule has 0 saturated heterocycles. The smallest absolute Gasteiger partial charge is 0.0513 e. The number of para-hydroxylation sites is 1. The maximum absolute atomic E-state index is 5.93. The van der Waals surface area contributed by atoms with Crippen LogP contribution in [0.4, 0.5) is 0 Å². The van der Waals surface area contributed by atoms with E-state index in [2.05, 4.69) is 61.9 Å². The Morgan fingerprint density at radius 3 is 2.61 bits per heavy atom. The molecule has 1 unspecified atom stereocenters. The van der Waals surface area contributed by atoms with Crippen molar-refractivity contribution in [2.24, 2.45) is 12.8 Å². The number of rotatable bonds is 4. The fraction of sp³-hybridized carbons (Fsp3) is 0.467. The third-order valence-corrected chi connectivity index (χ3v) is 3.70. The first-order chi connectivity index (χ1) is 8.60. The highest BCUT2D eigenvalue weighted by Gasteiger charge is 2.18. The highest BCUT2D eigenvalue weighted by atomic mass is 15.1. The Morgan fingerprint density at radius 2 is 2.06 bits per heavy atom. The molecule has 1 heterocycles. The van der Waals surface area contributed by atoms with E-state index < -0.39 is 0 Å². The van der Waals surface area contributed by atoms with Crippen LogP contribution in [0.2, 0.25) is 0 Å². The average Bonchev–Trinajstić information content (AvgIpc) is 2.68. The van der Waals surface area contributed by atoms with Crippen LogP contribution >= 0.6 is 0 Å². The van der Waals surface area contributed by atoms with Gasteiger partial charge in [-0.15, -0.1) is 0 Å². The Labute approximate surface area is 109 Å². The molecule has 0 amide bonds. The second-order valence-electron chi connectivity index (χ2n) is 5.08. The number of aromatic nitrogens is 1. The van der Waals surface area contributed by atoms with E-state index in [0.29, 0.717) is 6.54 Å². The van der Waals surface area contributed by atoms with Crippen molar-refractivity contribution in [1.29, 1.82) is 0 Å². The number of fused-ring (bicyclic) bond motifs is 1. The number of aryl methyl sites for hydroxylation is 2. The molecule has 0 bridgehead atoms. The SMILES string of the molecule is CCc1cccc2c(C(CN)N(C)C)cn(C)c12. The molecule has 3 nitrogen and oxygen atoms in total. The van der Waals surface area contributed by atoms with Gasteiger partial charge in [0.25, 0.3) is 0 Å². The van der Waals surface area contributed by atoms with E-state index in [0.717, 1.165) is 6.42 Å². The summed E-state index contributed by atoms with van der Waals surface area (Å²) in [4.78, 5) is 2.19. The van der Waals surface area contributed by atoms with Crippen LogP contribution in [0, 0.1) is 0 Å². The van der Waals surface area contributed by atoms with Crippen LogP contribution in [-0.4, -0.2) is 30.1 Å². The van der Waals surface area contributed by atoms with Gasteiger partial charge >= 0.3 is 0 Å². The molecule has 0 aliphatic heterocycles. The number of hydrogen-bond acceptors (Lipinski definition) is 2. The monoisotopic (exact) mass is 245 g/mol. The number of benzene rings is 1. The molecule has 0 fully saturated rings. The van der Waals surface area contributed by atoms with Crippen LogP contribution in [0.15, 0.2) is 24.4 Å². The Balaban J connectivity index is 2.67. The summed E-state index contributed by atoms with van der Waals surface area (Å²) >= 11 is 0. The normalized spacial score (nSPS) is 13.4. The molecule has 2 N–H and O–H groups in total. The molecule has 98 valence electrons. The molecule has 1 aromatic carbocycles. The summed E-state index contributed by atoms with van der Waals surface area (Å²) in [5.74, 6) is 0. The van der Waals surface area contributed by atoms with E-state index in [1.807, 2.05) is 0 Å². The van der Waals surface area contributed by atoms with E-state index in [9.17, 15) is 0 Å². The van der Waals surface area contributed by atoms with Crippen molar-refractivity contribution >= 4 is 10.9 Å². The minimum absolute atomic E-state index is 0.279. The highest BCUT2D eigenvalue weighted by molar-refractivity contribution is 5.87.